The number of thioether (sulfide) groups is 1. The molecule has 7 heteroatoms. The summed E-state index contributed by atoms with van der Waals surface area (Å²) in [5.74, 6) is -0.00638. The second-order valence-corrected chi connectivity index (χ2v) is 9.44. The number of benzene rings is 1. The zero-order valence-corrected chi connectivity index (χ0v) is 13.9. The van der Waals surface area contributed by atoms with Gasteiger partial charge in [-0.2, -0.15) is 16.1 Å². The van der Waals surface area contributed by atoms with E-state index < -0.39 is 15.8 Å². The number of nitrogens with zero attached hydrogens (tertiary/aromatic N) is 1. The van der Waals surface area contributed by atoms with Crippen LogP contribution in [0.15, 0.2) is 23.1 Å². The van der Waals surface area contributed by atoms with Gasteiger partial charge >= 0.3 is 0 Å². The number of nitrogens with two attached hydrogens (primary N) is 1. The third-order valence-electron chi connectivity index (χ3n) is 3.65. The standard InChI is InChI=1S/C14H21FN2O2S2/c1-14(2)5-6-17(7-8-20-14)21(18,19)13-9-11(10-16)3-4-12(13)15/h3-4,9H,5-8,10,16H2,1-2H3. The number of hydrogen-bond donors (Lipinski definition) is 1. The number of hydrogen-bond acceptors (Lipinski definition) is 4. The molecule has 1 saturated heterocycles. The molecule has 0 amide bonds. The molecule has 1 heterocycles. The van der Waals surface area contributed by atoms with Crippen LogP contribution in [0.1, 0.15) is 25.8 Å². The van der Waals surface area contributed by atoms with Crippen LogP contribution >= 0.6 is 11.8 Å². The second kappa shape index (κ2) is 6.24. The Bertz CT molecular complexity index is 617. The smallest absolute Gasteiger partial charge is 0.246 e. The van der Waals surface area contributed by atoms with Gasteiger partial charge in [0.15, 0.2) is 0 Å². The van der Waals surface area contributed by atoms with Crippen molar-refractivity contribution in [3.63, 3.8) is 0 Å². The van der Waals surface area contributed by atoms with Crippen molar-refractivity contribution in [2.45, 2.75) is 36.5 Å². The highest BCUT2D eigenvalue weighted by Gasteiger charge is 2.32. The minimum Gasteiger partial charge on any atom is -0.326 e. The first kappa shape index (κ1) is 16.7. The van der Waals surface area contributed by atoms with Crippen LogP contribution in [0.25, 0.3) is 0 Å². The number of halogens is 1. The van der Waals surface area contributed by atoms with E-state index in [1.807, 2.05) is 0 Å². The quantitative estimate of drug-likeness (QED) is 0.921. The lowest BCUT2D eigenvalue weighted by Gasteiger charge is -2.22. The normalized spacial score (nSPS) is 20.2. The minimum atomic E-state index is -3.81. The average molecular weight is 332 g/mol. The lowest BCUT2D eigenvalue weighted by Crippen LogP contribution is -2.34. The maximum absolute atomic E-state index is 14.0. The van der Waals surface area contributed by atoms with Gasteiger partial charge in [-0.3, -0.25) is 0 Å². The van der Waals surface area contributed by atoms with Crippen LogP contribution in [0.2, 0.25) is 0 Å². The van der Waals surface area contributed by atoms with Crippen molar-refractivity contribution >= 4 is 21.8 Å². The van der Waals surface area contributed by atoms with Gasteiger partial charge < -0.3 is 5.73 Å². The molecule has 1 fully saturated rings. The lowest BCUT2D eigenvalue weighted by atomic mass is 10.1. The van der Waals surface area contributed by atoms with Gasteiger partial charge in [0.2, 0.25) is 10.0 Å². The van der Waals surface area contributed by atoms with Gasteiger partial charge in [0.05, 0.1) is 0 Å². The molecule has 0 spiro atoms. The summed E-state index contributed by atoms with van der Waals surface area (Å²) in [7, 11) is -3.81. The van der Waals surface area contributed by atoms with E-state index >= 15 is 0 Å². The molecule has 0 aliphatic carbocycles. The monoisotopic (exact) mass is 332 g/mol. The Hall–Kier alpha value is -0.630. The summed E-state index contributed by atoms with van der Waals surface area (Å²) in [4.78, 5) is -0.268. The summed E-state index contributed by atoms with van der Waals surface area (Å²) in [6.07, 6.45) is 0.745. The van der Waals surface area contributed by atoms with Gasteiger partial charge in [-0.05, 0) is 24.1 Å². The number of sulfonamides is 1. The predicted molar refractivity (Wildman–Crippen MR) is 84.2 cm³/mol. The molecule has 21 heavy (non-hydrogen) atoms. The maximum Gasteiger partial charge on any atom is 0.246 e. The predicted octanol–water partition coefficient (Wildman–Crippen LogP) is 2.19. The summed E-state index contributed by atoms with van der Waals surface area (Å²) >= 11 is 1.75. The van der Waals surface area contributed by atoms with Crippen molar-refractivity contribution < 1.29 is 12.8 Å². The van der Waals surface area contributed by atoms with E-state index in [2.05, 4.69) is 13.8 Å². The molecule has 1 aromatic rings. The van der Waals surface area contributed by atoms with Crippen molar-refractivity contribution in [1.82, 2.24) is 4.31 Å². The Morgan fingerprint density at radius 3 is 2.76 bits per heavy atom. The van der Waals surface area contributed by atoms with E-state index in [-0.39, 0.29) is 16.2 Å². The van der Waals surface area contributed by atoms with E-state index in [0.29, 0.717) is 24.4 Å². The lowest BCUT2D eigenvalue weighted by molar-refractivity contribution is 0.412. The molecular weight excluding hydrogens is 311 g/mol. The molecule has 1 aliphatic heterocycles. The van der Waals surface area contributed by atoms with Gasteiger partial charge in [0.25, 0.3) is 0 Å². The SMILES string of the molecule is CC1(C)CCN(S(=O)(=O)c2cc(CN)ccc2F)CCS1. The van der Waals surface area contributed by atoms with Crippen LogP contribution in [0, 0.1) is 5.82 Å². The molecule has 0 bridgehead atoms. The molecule has 0 aromatic heterocycles. The minimum absolute atomic E-state index is 0.0436. The maximum atomic E-state index is 14.0. The van der Waals surface area contributed by atoms with Gasteiger partial charge in [-0.25, -0.2) is 12.8 Å². The zero-order valence-electron chi connectivity index (χ0n) is 12.3. The molecule has 2 N–H and O–H groups in total. The fraction of sp³-hybridized carbons (Fsp3) is 0.571. The molecule has 4 nitrogen and oxygen atoms in total. The van der Waals surface area contributed by atoms with Crippen LogP contribution in [0.3, 0.4) is 0 Å². The van der Waals surface area contributed by atoms with Gasteiger partial charge in [-0.15, -0.1) is 0 Å². The van der Waals surface area contributed by atoms with Crippen molar-refractivity contribution in [1.29, 1.82) is 0 Å². The third-order valence-corrected chi connectivity index (χ3v) is 6.93. The van der Waals surface area contributed by atoms with E-state index in [9.17, 15) is 12.8 Å². The first-order valence-corrected chi connectivity index (χ1v) is 9.31. The van der Waals surface area contributed by atoms with Gasteiger partial charge in [0.1, 0.15) is 10.7 Å². The average Bonchev–Trinajstić information content (AvgIpc) is 2.60. The fourth-order valence-corrected chi connectivity index (χ4v) is 5.03. The van der Waals surface area contributed by atoms with Crippen LogP contribution in [0.5, 0.6) is 0 Å². The molecule has 118 valence electrons. The van der Waals surface area contributed by atoms with Crippen molar-refractivity contribution in [3.05, 3.63) is 29.6 Å². The topological polar surface area (TPSA) is 63.4 Å². The van der Waals surface area contributed by atoms with Crippen molar-refractivity contribution in [3.8, 4) is 0 Å². The molecule has 1 aliphatic rings. The molecule has 0 unspecified atom stereocenters. The Morgan fingerprint density at radius 1 is 1.38 bits per heavy atom. The van der Waals surface area contributed by atoms with Crippen molar-refractivity contribution in [2.75, 3.05) is 18.8 Å². The summed E-state index contributed by atoms with van der Waals surface area (Å²) in [5.41, 5.74) is 6.13. The fourth-order valence-electron chi connectivity index (χ4n) is 2.25. The highest BCUT2D eigenvalue weighted by Crippen LogP contribution is 2.32. The first-order chi connectivity index (χ1) is 9.76. The Morgan fingerprint density at radius 2 is 2.10 bits per heavy atom. The van der Waals surface area contributed by atoms with Gasteiger partial charge in [0, 0.05) is 30.1 Å². The number of rotatable bonds is 3. The first-order valence-electron chi connectivity index (χ1n) is 6.89. The third kappa shape index (κ3) is 3.77. The van der Waals surface area contributed by atoms with E-state index in [1.54, 1.807) is 11.8 Å². The van der Waals surface area contributed by atoms with E-state index in [0.717, 1.165) is 6.42 Å². The van der Waals surface area contributed by atoms with E-state index in [1.165, 1.54) is 22.5 Å². The molecule has 0 saturated carbocycles. The molecular formula is C14H21FN2O2S2. The summed E-state index contributed by atoms with van der Waals surface area (Å²) in [6, 6.07) is 4.02. The van der Waals surface area contributed by atoms with E-state index in [4.69, 9.17) is 5.73 Å². The van der Waals surface area contributed by atoms with Crippen LogP contribution in [-0.2, 0) is 16.6 Å². The van der Waals surface area contributed by atoms with Crippen LogP contribution < -0.4 is 5.73 Å². The molecule has 1 aromatic carbocycles. The van der Waals surface area contributed by atoms with Crippen LogP contribution in [0.4, 0.5) is 4.39 Å². The molecule has 2 rings (SSSR count). The summed E-state index contributed by atoms with van der Waals surface area (Å²) in [6.45, 7) is 5.20. The largest absolute Gasteiger partial charge is 0.326 e. The molecule has 0 atom stereocenters. The van der Waals surface area contributed by atoms with Crippen molar-refractivity contribution in [2.24, 2.45) is 5.73 Å². The summed E-state index contributed by atoms with van der Waals surface area (Å²) in [5, 5.41) is 0. The van der Waals surface area contributed by atoms with Gasteiger partial charge in [-0.1, -0.05) is 19.9 Å². The Kier molecular flexibility index (Phi) is 4.97. The highest BCUT2D eigenvalue weighted by atomic mass is 32.2. The highest BCUT2D eigenvalue weighted by molar-refractivity contribution is 8.00. The Balaban J connectivity index is 2.33. The summed E-state index contributed by atoms with van der Waals surface area (Å²) < 4.78 is 40.7. The van der Waals surface area contributed by atoms with Crippen LogP contribution in [-0.4, -0.2) is 36.3 Å². The second-order valence-electron chi connectivity index (χ2n) is 5.73. The zero-order chi connectivity index (χ0) is 15.7. The Labute approximate surface area is 129 Å². The molecule has 0 radical (unpaired) electrons.